The van der Waals surface area contributed by atoms with Crippen LogP contribution < -0.4 is 0 Å². The molecular formula is C13H16FNO. The summed E-state index contributed by atoms with van der Waals surface area (Å²) in [4.78, 5) is 13.5. The maximum Gasteiger partial charge on any atom is 0.223 e. The smallest absolute Gasteiger partial charge is 0.223 e. The molecule has 2 nitrogen and oxygen atoms in total. The standard InChI is InChI=1S/C13H16FNO/c1-10(12-5-3-2-4-6-12)15-9-11(8-14)7-13(15)16/h2-6,10-11H,7-9H2,1H3/t10-,11?/m1/s1. The molecule has 0 aromatic heterocycles. The van der Waals surface area contributed by atoms with Crippen LogP contribution in [0.2, 0.25) is 0 Å². The number of alkyl halides is 1. The number of carbonyl (C=O) groups excluding carboxylic acids is 1. The summed E-state index contributed by atoms with van der Waals surface area (Å²) in [5.41, 5.74) is 1.11. The minimum atomic E-state index is -0.399. The van der Waals surface area contributed by atoms with E-state index < -0.39 is 6.67 Å². The highest BCUT2D eigenvalue weighted by Gasteiger charge is 2.32. The summed E-state index contributed by atoms with van der Waals surface area (Å²) in [6.07, 6.45) is 0.355. The Kier molecular flexibility index (Phi) is 3.22. The first-order chi connectivity index (χ1) is 7.72. The molecule has 16 heavy (non-hydrogen) atoms. The quantitative estimate of drug-likeness (QED) is 0.768. The van der Waals surface area contributed by atoms with Crippen molar-refractivity contribution < 1.29 is 9.18 Å². The van der Waals surface area contributed by atoms with Gasteiger partial charge in [0.2, 0.25) is 5.91 Å². The van der Waals surface area contributed by atoms with E-state index in [0.29, 0.717) is 13.0 Å². The number of hydrogen-bond acceptors (Lipinski definition) is 1. The summed E-state index contributed by atoms with van der Waals surface area (Å²) in [5.74, 6) is -0.0438. The maximum absolute atomic E-state index is 12.5. The predicted molar refractivity (Wildman–Crippen MR) is 60.7 cm³/mol. The molecular weight excluding hydrogens is 205 g/mol. The van der Waals surface area contributed by atoms with E-state index in [1.807, 2.05) is 37.3 Å². The Morgan fingerprint density at radius 3 is 2.69 bits per heavy atom. The summed E-state index contributed by atoms with van der Waals surface area (Å²) < 4.78 is 12.5. The molecule has 1 saturated heterocycles. The number of amides is 1. The van der Waals surface area contributed by atoms with Crippen LogP contribution in [-0.2, 0) is 4.79 Å². The molecule has 86 valence electrons. The fraction of sp³-hybridized carbons (Fsp3) is 0.462. The molecule has 0 N–H and O–H groups in total. The summed E-state index contributed by atoms with van der Waals surface area (Å²) in [5, 5.41) is 0. The maximum atomic E-state index is 12.5. The Balaban J connectivity index is 2.11. The fourth-order valence-corrected chi connectivity index (χ4v) is 2.20. The molecule has 1 aromatic rings. The van der Waals surface area contributed by atoms with Crippen LogP contribution in [0.4, 0.5) is 4.39 Å². The van der Waals surface area contributed by atoms with E-state index in [9.17, 15) is 9.18 Å². The largest absolute Gasteiger partial charge is 0.336 e. The van der Waals surface area contributed by atoms with Crippen molar-refractivity contribution in [2.45, 2.75) is 19.4 Å². The lowest BCUT2D eigenvalue weighted by atomic mass is 10.1. The number of hydrogen-bond donors (Lipinski definition) is 0. The highest BCUT2D eigenvalue weighted by atomic mass is 19.1. The van der Waals surface area contributed by atoms with Gasteiger partial charge in [-0.2, -0.15) is 0 Å². The van der Waals surface area contributed by atoms with Crippen molar-refractivity contribution in [1.82, 2.24) is 4.90 Å². The molecule has 2 rings (SSSR count). The molecule has 0 radical (unpaired) electrons. The van der Waals surface area contributed by atoms with Crippen molar-refractivity contribution in [3.05, 3.63) is 35.9 Å². The van der Waals surface area contributed by atoms with E-state index in [1.165, 1.54) is 0 Å². The van der Waals surface area contributed by atoms with Crippen LogP contribution in [0, 0.1) is 5.92 Å². The Labute approximate surface area is 95.1 Å². The number of rotatable bonds is 3. The van der Waals surface area contributed by atoms with Crippen LogP contribution in [0.25, 0.3) is 0 Å². The molecule has 1 fully saturated rings. The predicted octanol–water partition coefficient (Wildman–Crippen LogP) is 2.57. The van der Waals surface area contributed by atoms with E-state index in [0.717, 1.165) is 5.56 Å². The van der Waals surface area contributed by atoms with Crippen molar-refractivity contribution >= 4 is 5.91 Å². The van der Waals surface area contributed by atoms with Crippen molar-refractivity contribution in [2.75, 3.05) is 13.2 Å². The Morgan fingerprint density at radius 2 is 2.12 bits per heavy atom. The van der Waals surface area contributed by atoms with Gasteiger partial charge >= 0.3 is 0 Å². The highest BCUT2D eigenvalue weighted by Crippen LogP contribution is 2.28. The zero-order valence-electron chi connectivity index (χ0n) is 9.40. The molecule has 0 bridgehead atoms. The molecule has 0 saturated carbocycles. The van der Waals surface area contributed by atoms with Gasteiger partial charge in [0.05, 0.1) is 12.7 Å². The van der Waals surface area contributed by atoms with Gasteiger partial charge in [0.15, 0.2) is 0 Å². The Morgan fingerprint density at radius 1 is 1.44 bits per heavy atom. The van der Waals surface area contributed by atoms with Gasteiger partial charge in [0, 0.05) is 18.9 Å². The SMILES string of the molecule is C[C@H](c1ccccc1)N1CC(CF)CC1=O. The van der Waals surface area contributed by atoms with E-state index in [4.69, 9.17) is 0 Å². The topological polar surface area (TPSA) is 20.3 Å². The second-order valence-corrected chi connectivity index (χ2v) is 4.36. The molecule has 0 aliphatic carbocycles. The second kappa shape index (κ2) is 4.64. The summed E-state index contributed by atoms with van der Waals surface area (Å²) in [7, 11) is 0. The van der Waals surface area contributed by atoms with Crippen molar-refractivity contribution in [1.29, 1.82) is 0 Å². The van der Waals surface area contributed by atoms with Gasteiger partial charge in [-0.3, -0.25) is 9.18 Å². The highest BCUT2D eigenvalue weighted by molar-refractivity contribution is 5.79. The average Bonchev–Trinajstić information content (AvgIpc) is 2.71. The number of likely N-dealkylation sites (tertiary alicyclic amines) is 1. The van der Waals surface area contributed by atoms with Gasteiger partial charge in [0.1, 0.15) is 0 Å². The Hall–Kier alpha value is -1.38. The first kappa shape index (κ1) is 11.1. The van der Waals surface area contributed by atoms with Crippen molar-refractivity contribution in [3.8, 4) is 0 Å². The number of nitrogens with zero attached hydrogens (tertiary/aromatic N) is 1. The third-order valence-electron chi connectivity index (χ3n) is 3.21. The van der Waals surface area contributed by atoms with Crippen molar-refractivity contribution in [3.63, 3.8) is 0 Å². The molecule has 1 heterocycles. The lowest BCUT2D eigenvalue weighted by Crippen LogP contribution is -2.28. The van der Waals surface area contributed by atoms with Gasteiger partial charge in [-0.25, -0.2) is 0 Å². The van der Waals surface area contributed by atoms with Crippen LogP contribution >= 0.6 is 0 Å². The fourth-order valence-electron chi connectivity index (χ4n) is 2.20. The monoisotopic (exact) mass is 221 g/mol. The average molecular weight is 221 g/mol. The third-order valence-corrected chi connectivity index (χ3v) is 3.21. The van der Waals surface area contributed by atoms with Gasteiger partial charge in [-0.1, -0.05) is 30.3 Å². The lowest BCUT2D eigenvalue weighted by Gasteiger charge is -2.25. The number of carbonyl (C=O) groups is 1. The second-order valence-electron chi connectivity index (χ2n) is 4.36. The summed E-state index contributed by atoms with van der Waals surface area (Å²) in [6, 6.07) is 9.91. The number of benzene rings is 1. The minimum absolute atomic E-state index is 0.0465. The number of halogens is 1. The minimum Gasteiger partial charge on any atom is -0.336 e. The summed E-state index contributed by atoms with van der Waals surface area (Å²) >= 11 is 0. The lowest BCUT2D eigenvalue weighted by molar-refractivity contribution is -0.129. The van der Waals surface area contributed by atoms with Crippen LogP contribution in [-0.4, -0.2) is 24.0 Å². The van der Waals surface area contributed by atoms with Gasteiger partial charge in [0.25, 0.3) is 0 Å². The zero-order chi connectivity index (χ0) is 11.5. The van der Waals surface area contributed by atoms with Crippen LogP contribution in [0.3, 0.4) is 0 Å². The zero-order valence-corrected chi connectivity index (χ0v) is 9.40. The van der Waals surface area contributed by atoms with E-state index in [-0.39, 0.29) is 17.9 Å². The van der Waals surface area contributed by atoms with E-state index in [1.54, 1.807) is 4.90 Å². The molecule has 2 atom stereocenters. The third kappa shape index (κ3) is 2.08. The van der Waals surface area contributed by atoms with Crippen LogP contribution in [0.15, 0.2) is 30.3 Å². The van der Waals surface area contributed by atoms with Gasteiger partial charge < -0.3 is 4.90 Å². The van der Waals surface area contributed by atoms with Gasteiger partial charge in [-0.05, 0) is 12.5 Å². The molecule has 1 unspecified atom stereocenters. The van der Waals surface area contributed by atoms with Gasteiger partial charge in [-0.15, -0.1) is 0 Å². The molecule has 1 amide bonds. The summed E-state index contributed by atoms with van der Waals surface area (Å²) in [6.45, 7) is 2.14. The Bertz CT molecular complexity index is 365. The van der Waals surface area contributed by atoms with Crippen LogP contribution in [0.5, 0.6) is 0 Å². The molecule has 1 aliphatic rings. The molecule has 1 aliphatic heterocycles. The normalized spacial score (nSPS) is 22.5. The van der Waals surface area contributed by atoms with Crippen molar-refractivity contribution in [2.24, 2.45) is 5.92 Å². The first-order valence-corrected chi connectivity index (χ1v) is 5.62. The van der Waals surface area contributed by atoms with E-state index in [2.05, 4.69) is 0 Å². The molecule has 0 spiro atoms. The van der Waals surface area contributed by atoms with E-state index >= 15 is 0 Å². The first-order valence-electron chi connectivity index (χ1n) is 5.62. The van der Waals surface area contributed by atoms with Crippen LogP contribution in [0.1, 0.15) is 24.9 Å². The molecule has 3 heteroatoms. The molecule has 1 aromatic carbocycles.